The predicted molar refractivity (Wildman–Crippen MR) is 39.0 cm³/mol. The molecule has 0 amide bonds. The van der Waals surface area contributed by atoms with Crippen molar-refractivity contribution in [3.63, 3.8) is 0 Å². The molecule has 13 heavy (non-hydrogen) atoms. The van der Waals surface area contributed by atoms with Crippen LogP contribution in [-0.4, -0.2) is 0 Å². The van der Waals surface area contributed by atoms with Crippen LogP contribution < -0.4 is 0 Å². The molecule has 0 aliphatic heterocycles. The molecule has 0 aliphatic rings. The highest BCUT2D eigenvalue weighted by molar-refractivity contribution is 9.10. The summed E-state index contributed by atoms with van der Waals surface area (Å²) in [5, 5.41) is 0. The molecular weight excluding hydrogens is 259 g/mol. The smallest absolute Gasteiger partial charge is 0.205 e. The molecule has 1 aromatic carbocycles. The van der Waals surface area contributed by atoms with Gasteiger partial charge in [-0.2, -0.15) is 0 Å². The minimum Gasteiger partial charge on any atom is -0.205 e. The predicted octanol–water partition coefficient (Wildman–Crippen LogP) is 3.80. The van der Waals surface area contributed by atoms with Crippen molar-refractivity contribution in [3.05, 3.63) is 33.6 Å². The lowest BCUT2D eigenvalue weighted by Crippen LogP contribution is -2.00. The molecule has 1 rings (SSSR count). The van der Waals surface area contributed by atoms with Gasteiger partial charge in [-0.05, 0) is 22.0 Å². The first-order chi connectivity index (χ1) is 5.95. The van der Waals surface area contributed by atoms with Crippen LogP contribution in [-0.2, 0) is 0 Å². The summed E-state index contributed by atoms with van der Waals surface area (Å²) in [5.41, 5.74) is -1.55. The minimum atomic E-state index is -3.38. The molecule has 0 bridgehead atoms. The fourth-order valence-corrected chi connectivity index (χ4v) is 1.20. The number of hydrogen-bond acceptors (Lipinski definition) is 0. The third-order valence-corrected chi connectivity index (χ3v) is 1.94. The lowest BCUT2D eigenvalue weighted by atomic mass is 10.2. The molecule has 0 radical (unpaired) electrons. The summed E-state index contributed by atoms with van der Waals surface area (Å²) in [6, 6.07) is 0.455. The Balaban J connectivity index is 3.46. The maximum atomic E-state index is 12.8. The van der Waals surface area contributed by atoms with E-state index in [1.807, 2.05) is 0 Å². The summed E-state index contributed by atoms with van der Waals surface area (Å²) >= 11 is 2.48. The van der Waals surface area contributed by atoms with Crippen LogP contribution in [0.15, 0.2) is 10.5 Å². The molecule has 0 nitrogen and oxygen atoms in total. The van der Waals surface area contributed by atoms with Crippen molar-refractivity contribution in [1.82, 2.24) is 0 Å². The summed E-state index contributed by atoms with van der Waals surface area (Å²) in [4.78, 5) is 0. The molecule has 0 heterocycles. The molecule has 0 N–H and O–H groups in total. The summed E-state index contributed by atoms with van der Waals surface area (Å²) in [6.45, 7) is 0. The molecule has 0 saturated carbocycles. The van der Waals surface area contributed by atoms with E-state index in [0.29, 0.717) is 6.07 Å². The van der Waals surface area contributed by atoms with Gasteiger partial charge in [-0.1, -0.05) is 0 Å². The van der Waals surface area contributed by atoms with E-state index in [4.69, 9.17) is 0 Å². The van der Waals surface area contributed by atoms with Crippen LogP contribution in [0.2, 0.25) is 0 Å². The molecule has 0 aromatic heterocycles. The number of alkyl halides is 2. The Morgan fingerprint density at radius 3 is 2.08 bits per heavy atom. The maximum absolute atomic E-state index is 12.8. The van der Waals surface area contributed by atoms with Crippen LogP contribution in [0.1, 0.15) is 12.0 Å². The highest BCUT2D eigenvalue weighted by atomic mass is 79.9. The molecule has 0 unspecified atom stereocenters. The SMILES string of the molecule is Fc1cc(Br)c(F)c(C(F)F)c1F. The standard InChI is InChI=1S/C7H2BrF5/c8-2-1-3(9)6(11)4(5(2)10)7(12)13/h1,7H. The van der Waals surface area contributed by atoms with Crippen molar-refractivity contribution < 1.29 is 22.0 Å². The average molecular weight is 261 g/mol. The van der Waals surface area contributed by atoms with Crippen LogP contribution in [0.3, 0.4) is 0 Å². The monoisotopic (exact) mass is 260 g/mol. The van der Waals surface area contributed by atoms with E-state index in [-0.39, 0.29) is 0 Å². The van der Waals surface area contributed by atoms with E-state index < -0.39 is 33.9 Å². The second-order valence-electron chi connectivity index (χ2n) is 2.18. The minimum absolute atomic E-state index is 0.455. The van der Waals surface area contributed by atoms with Gasteiger partial charge >= 0.3 is 0 Å². The number of hydrogen-bond donors (Lipinski definition) is 0. The van der Waals surface area contributed by atoms with Crippen molar-refractivity contribution in [3.8, 4) is 0 Å². The fourth-order valence-electron chi connectivity index (χ4n) is 0.783. The van der Waals surface area contributed by atoms with Gasteiger partial charge in [-0.15, -0.1) is 0 Å². The van der Waals surface area contributed by atoms with Gasteiger partial charge in [0.15, 0.2) is 11.6 Å². The highest BCUT2D eigenvalue weighted by Gasteiger charge is 2.24. The van der Waals surface area contributed by atoms with Crippen molar-refractivity contribution in [2.45, 2.75) is 6.43 Å². The molecule has 0 saturated heterocycles. The Labute approximate surface area is 78.5 Å². The lowest BCUT2D eigenvalue weighted by Gasteiger charge is -2.05. The van der Waals surface area contributed by atoms with Crippen LogP contribution in [0.4, 0.5) is 22.0 Å². The first kappa shape index (κ1) is 10.4. The average Bonchev–Trinajstić information content (AvgIpc) is 2.01. The second kappa shape index (κ2) is 3.61. The van der Waals surface area contributed by atoms with Gasteiger partial charge < -0.3 is 0 Å². The van der Waals surface area contributed by atoms with Gasteiger partial charge in [0.2, 0.25) is 0 Å². The molecule has 1 aromatic rings. The zero-order chi connectivity index (χ0) is 10.2. The Hall–Kier alpha value is -0.650. The lowest BCUT2D eigenvalue weighted by molar-refractivity contribution is 0.139. The molecule has 0 aliphatic carbocycles. The third-order valence-electron chi connectivity index (χ3n) is 1.36. The van der Waals surface area contributed by atoms with Gasteiger partial charge in [-0.3, -0.25) is 0 Å². The summed E-state index contributed by atoms with van der Waals surface area (Å²) in [5.74, 6) is -4.84. The Morgan fingerprint density at radius 1 is 1.08 bits per heavy atom. The van der Waals surface area contributed by atoms with Gasteiger partial charge in [0.1, 0.15) is 5.82 Å². The number of halogens is 6. The summed E-state index contributed by atoms with van der Waals surface area (Å²) in [6.07, 6.45) is -3.38. The largest absolute Gasteiger partial charge is 0.269 e. The molecule has 0 spiro atoms. The van der Waals surface area contributed by atoms with E-state index in [9.17, 15) is 22.0 Å². The Kier molecular flexibility index (Phi) is 2.90. The molecular formula is C7H2BrF5. The normalized spacial score (nSPS) is 11.0. The highest BCUT2D eigenvalue weighted by Crippen LogP contribution is 2.31. The van der Waals surface area contributed by atoms with Crippen molar-refractivity contribution in [2.24, 2.45) is 0 Å². The van der Waals surface area contributed by atoms with Gasteiger partial charge in [0.05, 0.1) is 10.0 Å². The third kappa shape index (κ3) is 1.82. The number of rotatable bonds is 1. The molecule has 0 atom stereocenters. The van der Waals surface area contributed by atoms with Gasteiger partial charge in [0.25, 0.3) is 6.43 Å². The van der Waals surface area contributed by atoms with E-state index in [1.165, 1.54) is 0 Å². The maximum Gasteiger partial charge on any atom is 0.269 e. The topological polar surface area (TPSA) is 0 Å². The van der Waals surface area contributed by atoms with Crippen LogP contribution in [0.5, 0.6) is 0 Å². The van der Waals surface area contributed by atoms with E-state index in [0.717, 1.165) is 0 Å². The zero-order valence-corrected chi connectivity index (χ0v) is 7.51. The van der Waals surface area contributed by atoms with Crippen molar-refractivity contribution in [2.75, 3.05) is 0 Å². The first-order valence-electron chi connectivity index (χ1n) is 3.06. The van der Waals surface area contributed by atoms with Crippen LogP contribution in [0.25, 0.3) is 0 Å². The molecule has 0 fully saturated rings. The van der Waals surface area contributed by atoms with E-state index in [1.54, 1.807) is 0 Å². The Morgan fingerprint density at radius 2 is 1.62 bits per heavy atom. The first-order valence-corrected chi connectivity index (χ1v) is 3.85. The molecule has 6 heteroatoms. The van der Waals surface area contributed by atoms with Gasteiger partial charge in [0, 0.05) is 0 Å². The summed E-state index contributed by atoms with van der Waals surface area (Å²) < 4.78 is 61.2. The number of benzene rings is 1. The van der Waals surface area contributed by atoms with Crippen LogP contribution in [0, 0.1) is 17.5 Å². The Bertz CT molecular complexity index is 310. The van der Waals surface area contributed by atoms with E-state index in [2.05, 4.69) is 15.9 Å². The zero-order valence-electron chi connectivity index (χ0n) is 5.92. The van der Waals surface area contributed by atoms with Crippen molar-refractivity contribution in [1.29, 1.82) is 0 Å². The second-order valence-corrected chi connectivity index (χ2v) is 3.04. The molecule has 72 valence electrons. The summed E-state index contributed by atoms with van der Waals surface area (Å²) in [7, 11) is 0. The van der Waals surface area contributed by atoms with Crippen LogP contribution >= 0.6 is 15.9 Å². The van der Waals surface area contributed by atoms with E-state index >= 15 is 0 Å². The fraction of sp³-hybridized carbons (Fsp3) is 0.143. The quantitative estimate of drug-likeness (QED) is 0.532. The van der Waals surface area contributed by atoms with Gasteiger partial charge in [-0.25, -0.2) is 22.0 Å². The van der Waals surface area contributed by atoms with Crippen molar-refractivity contribution >= 4 is 15.9 Å².